The second-order valence-electron chi connectivity index (χ2n) is 5.69. The molecule has 3 nitrogen and oxygen atoms in total. The summed E-state index contributed by atoms with van der Waals surface area (Å²) in [6, 6.07) is 0.393. The maximum atomic E-state index is 12.1. The predicted octanol–water partition coefficient (Wildman–Crippen LogP) is 1.29. The van der Waals surface area contributed by atoms with E-state index in [0.717, 1.165) is 31.3 Å². The van der Waals surface area contributed by atoms with Crippen molar-refractivity contribution in [2.45, 2.75) is 44.6 Å². The normalized spacial score (nSPS) is 42.2. The molecule has 0 aromatic heterocycles. The highest BCUT2D eigenvalue weighted by Crippen LogP contribution is 2.55. The molecule has 1 heterocycles. The summed E-state index contributed by atoms with van der Waals surface area (Å²) in [4.78, 5) is 12.1. The van der Waals surface area contributed by atoms with Gasteiger partial charge in [0.25, 0.3) is 0 Å². The molecule has 90 valence electrons. The number of carbonyl (C=O) groups excluding carboxylic acids is 1. The van der Waals surface area contributed by atoms with Crippen molar-refractivity contribution in [3.8, 4) is 0 Å². The molecule has 3 atom stereocenters. The van der Waals surface area contributed by atoms with Gasteiger partial charge in [0.15, 0.2) is 0 Å². The van der Waals surface area contributed by atoms with E-state index in [1.807, 2.05) is 0 Å². The molecule has 3 heteroatoms. The Morgan fingerprint density at radius 2 is 1.81 bits per heavy atom. The molecule has 2 aliphatic carbocycles. The molecule has 2 saturated carbocycles. The van der Waals surface area contributed by atoms with Gasteiger partial charge in [0.2, 0.25) is 5.91 Å². The number of rotatable bonds is 2. The van der Waals surface area contributed by atoms with Crippen LogP contribution in [0.3, 0.4) is 0 Å². The van der Waals surface area contributed by atoms with Gasteiger partial charge < -0.3 is 10.6 Å². The lowest BCUT2D eigenvalue weighted by molar-refractivity contribution is -0.123. The molecule has 1 aliphatic heterocycles. The van der Waals surface area contributed by atoms with Gasteiger partial charge in [-0.3, -0.25) is 4.79 Å². The van der Waals surface area contributed by atoms with Crippen molar-refractivity contribution in [1.82, 2.24) is 10.6 Å². The van der Waals surface area contributed by atoms with Crippen molar-refractivity contribution in [1.29, 1.82) is 0 Å². The van der Waals surface area contributed by atoms with Crippen LogP contribution >= 0.6 is 0 Å². The van der Waals surface area contributed by atoms with Gasteiger partial charge in [0.05, 0.1) is 0 Å². The molecule has 0 aromatic rings. The Balaban J connectivity index is 1.50. The maximum absolute atomic E-state index is 12.1. The molecule has 0 spiro atoms. The minimum atomic E-state index is 0.352. The summed E-state index contributed by atoms with van der Waals surface area (Å²) in [6.45, 7) is 2.08. The van der Waals surface area contributed by atoms with E-state index < -0.39 is 0 Å². The Labute approximate surface area is 97.4 Å². The zero-order valence-electron chi connectivity index (χ0n) is 9.87. The quantitative estimate of drug-likeness (QED) is 0.739. The van der Waals surface area contributed by atoms with Crippen molar-refractivity contribution in [3.63, 3.8) is 0 Å². The lowest BCUT2D eigenvalue weighted by Crippen LogP contribution is -2.46. The molecule has 0 aromatic carbocycles. The van der Waals surface area contributed by atoms with Gasteiger partial charge in [0.1, 0.15) is 0 Å². The Kier molecular flexibility index (Phi) is 2.88. The maximum Gasteiger partial charge on any atom is 0.223 e. The van der Waals surface area contributed by atoms with Crippen LogP contribution in [-0.2, 0) is 4.79 Å². The molecule has 0 radical (unpaired) electrons. The SMILES string of the molecule is O=C(N[C@@H]1CCCNC1)C1C2CCCCC21. The number of hydrogen-bond acceptors (Lipinski definition) is 2. The van der Waals surface area contributed by atoms with E-state index in [1.54, 1.807) is 0 Å². The van der Waals surface area contributed by atoms with Crippen LogP contribution in [0, 0.1) is 17.8 Å². The minimum Gasteiger partial charge on any atom is -0.352 e. The average Bonchev–Trinajstić information content (AvgIpc) is 3.04. The summed E-state index contributed by atoms with van der Waals surface area (Å²) in [7, 11) is 0. The van der Waals surface area contributed by atoms with Crippen LogP contribution in [0.1, 0.15) is 38.5 Å². The predicted molar refractivity (Wildman–Crippen MR) is 63.0 cm³/mol. The van der Waals surface area contributed by atoms with Crippen molar-refractivity contribution < 1.29 is 4.79 Å². The number of piperidine rings is 1. The zero-order chi connectivity index (χ0) is 11.0. The standard InChI is InChI=1S/C13H22N2O/c16-13(15-9-4-3-7-14-8-9)12-10-5-1-2-6-11(10)12/h9-12,14H,1-8H2,(H,15,16)/t9-,10?,11?,12?/m1/s1. The molecule has 1 saturated heterocycles. The average molecular weight is 222 g/mol. The van der Waals surface area contributed by atoms with Crippen LogP contribution in [0.15, 0.2) is 0 Å². The van der Waals surface area contributed by atoms with Gasteiger partial charge in [-0.25, -0.2) is 0 Å². The topological polar surface area (TPSA) is 41.1 Å². The second-order valence-corrected chi connectivity index (χ2v) is 5.69. The molecule has 2 N–H and O–H groups in total. The highest BCUT2D eigenvalue weighted by molar-refractivity contribution is 5.82. The van der Waals surface area contributed by atoms with Gasteiger partial charge in [-0.15, -0.1) is 0 Å². The van der Waals surface area contributed by atoms with E-state index in [-0.39, 0.29) is 0 Å². The number of nitrogens with one attached hydrogen (secondary N) is 2. The van der Waals surface area contributed by atoms with Crippen LogP contribution in [0.25, 0.3) is 0 Å². The summed E-state index contributed by atoms with van der Waals surface area (Å²) in [6.07, 6.45) is 7.63. The van der Waals surface area contributed by atoms with Crippen LogP contribution in [0.5, 0.6) is 0 Å². The number of fused-ring (bicyclic) bond motifs is 1. The molecule has 3 rings (SSSR count). The Bertz CT molecular complexity index is 261. The molecule has 0 bridgehead atoms. The fourth-order valence-electron chi connectivity index (χ4n) is 3.65. The van der Waals surface area contributed by atoms with E-state index in [4.69, 9.17) is 0 Å². The third kappa shape index (κ3) is 1.97. The number of carbonyl (C=O) groups is 1. The van der Waals surface area contributed by atoms with E-state index in [9.17, 15) is 4.79 Å². The van der Waals surface area contributed by atoms with Crippen LogP contribution < -0.4 is 10.6 Å². The van der Waals surface area contributed by atoms with Crippen molar-refractivity contribution >= 4 is 5.91 Å². The molecule has 16 heavy (non-hydrogen) atoms. The Morgan fingerprint density at radius 3 is 2.44 bits per heavy atom. The van der Waals surface area contributed by atoms with Crippen molar-refractivity contribution in [2.75, 3.05) is 13.1 Å². The molecule has 1 amide bonds. The van der Waals surface area contributed by atoms with Crippen LogP contribution in [0.4, 0.5) is 0 Å². The summed E-state index contributed by atoms with van der Waals surface area (Å²) >= 11 is 0. The molecule has 3 aliphatic rings. The lowest BCUT2D eigenvalue weighted by atomic mass is 10.0. The summed E-state index contributed by atoms with van der Waals surface area (Å²) < 4.78 is 0. The number of amides is 1. The first-order valence-electron chi connectivity index (χ1n) is 6.87. The summed E-state index contributed by atoms with van der Waals surface area (Å²) in [5.41, 5.74) is 0. The first-order valence-corrected chi connectivity index (χ1v) is 6.87. The summed E-state index contributed by atoms with van der Waals surface area (Å²) in [5.74, 6) is 2.21. The Hall–Kier alpha value is -0.570. The largest absolute Gasteiger partial charge is 0.352 e. The number of hydrogen-bond donors (Lipinski definition) is 2. The van der Waals surface area contributed by atoms with Crippen LogP contribution in [-0.4, -0.2) is 25.0 Å². The van der Waals surface area contributed by atoms with Gasteiger partial charge in [-0.05, 0) is 44.1 Å². The van der Waals surface area contributed by atoms with Gasteiger partial charge in [-0.1, -0.05) is 12.8 Å². The van der Waals surface area contributed by atoms with E-state index >= 15 is 0 Å². The summed E-state index contributed by atoms with van der Waals surface area (Å²) in [5, 5.41) is 6.58. The lowest BCUT2D eigenvalue weighted by Gasteiger charge is -2.23. The van der Waals surface area contributed by atoms with E-state index in [1.165, 1.54) is 32.1 Å². The monoisotopic (exact) mass is 222 g/mol. The molecular formula is C13H22N2O. The van der Waals surface area contributed by atoms with Crippen LogP contribution in [0.2, 0.25) is 0 Å². The van der Waals surface area contributed by atoms with Crippen molar-refractivity contribution in [2.24, 2.45) is 17.8 Å². The fourth-order valence-corrected chi connectivity index (χ4v) is 3.65. The molecule has 3 fully saturated rings. The van der Waals surface area contributed by atoms with E-state index in [2.05, 4.69) is 10.6 Å². The smallest absolute Gasteiger partial charge is 0.223 e. The third-order valence-electron chi connectivity index (χ3n) is 4.60. The minimum absolute atomic E-state index is 0.352. The fraction of sp³-hybridized carbons (Fsp3) is 0.923. The van der Waals surface area contributed by atoms with Gasteiger partial charge in [-0.2, -0.15) is 0 Å². The van der Waals surface area contributed by atoms with E-state index in [0.29, 0.717) is 17.9 Å². The van der Waals surface area contributed by atoms with Gasteiger partial charge >= 0.3 is 0 Å². The Morgan fingerprint density at radius 1 is 1.06 bits per heavy atom. The van der Waals surface area contributed by atoms with Crippen molar-refractivity contribution in [3.05, 3.63) is 0 Å². The zero-order valence-corrected chi connectivity index (χ0v) is 9.87. The molecular weight excluding hydrogens is 200 g/mol. The first kappa shape index (κ1) is 10.6. The van der Waals surface area contributed by atoms with Gasteiger partial charge in [0, 0.05) is 18.5 Å². The second kappa shape index (κ2) is 4.36. The third-order valence-corrected chi connectivity index (χ3v) is 4.60. The highest BCUT2D eigenvalue weighted by Gasteiger charge is 2.54. The highest BCUT2D eigenvalue weighted by atomic mass is 16.2. The molecule has 2 unspecified atom stereocenters. The first-order chi connectivity index (χ1) is 7.86.